The molecule has 8 nitrogen and oxygen atoms in total. The van der Waals surface area contributed by atoms with Crippen molar-refractivity contribution in [2.45, 2.75) is 19.1 Å². The lowest BCUT2D eigenvalue weighted by Gasteiger charge is -2.26. The number of hydrogen-bond acceptors (Lipinski definition) is 9. The van der Waals surface area contributed by atoms with Crippen molar-refractivity contribution in [3.63, 3.8) is 0 Å². The fraction of sp³-hybridized carbons (Fsp3) is 0.400. The van der Waals surface area contributed by atoms with Crippen molar-refractivity contribution in [2.24, 2.45) is 0 Å². The van der Waals surface area contributed by atoms with Crippen molar-refractivity contribution in [2.75, 3.05) is 37.4 Å². The summed E-state index contributed by atoms with van der Waals surface area (Å²) in [5.74, 6) is 4.61. The number of anilines is 1. The van der Waals surface area contributed by atoms with E-state index >= 15 is 0 Å². The monoisotopic (exact) mass is 576 g/mol. The normalized spacial score (nSPS) is 12.1. The highest BCUT2D eigenvalue weighted by molar-refractivity contribution is 14.2. The maximum absolute atomic E-state index is 9.64. The fourth-order valence-corrected chi connectivity index (χ4v) is 4.85. The molecule has 168 valence electrons. The lowest BCUT2D eigenvalue weighted by molar-refractivity contribution is 0.300. The van der Waals surface area contributed by atoms with E-state index in [1.165, 1.54) is 11.9 Å². The van der Waals surface area contributed by atoms with E-state index in [0.29, 0.717) is 41.3 Å². The average Bonchev–Trinajstić information content (AvgIpc) is 3.41. The van der Waals surface area contributed by atoms with Gasteiger partial charge in [0.05, 0.1) is 20.8 Å². The van der Waals surface area contributed by atoms with Crippen LogP contribution in [0, 0.1) is 6.92 Å². The Morgan fingerprint density at radius 1 is 1.19 bits per heavy atom. The van der Waals surface area contributed by atoms with Gasteiger partial charge in [-0.1, -0.05) is 15.0 Å². The molecule has 1 atom stereocenters. The molecule has 0 aliphatic heterocycles. The second kappa shape index (κ2) is 11.3. The van der Waals surface area contributed by atoms with Gasteiger partial charge in [-0.25, -0.2) is 0 Å². The largest absolute Gasteiger partial charge is 0.494 e. The van der Waals surface area contributed by atoms with Gasteiger partial charge in [0.1, 0.15) is 22.9 Å². The minimum absolute atomic E-state index is 0.0155. The molecular formula is C20H25IN4O4S2. The van der Waals surface area contributed by atoms with E-state index in [1.54, 1.807) is 23.2 Å². The highest BCUT2D eigenvalue weighted by atomic mass is 127. The standard InChI is InChI=1S/C20H25IN4O4S2/c1-13-8-9-17(29-13)19-22-23-20(24(10-11-30-21)31-14(2)12-26)25(19)18-15(27-3)6-5-7-16(18)28-4/h5-9,14,26H,10-12H2,1-4H3. The number of furan rings is 1. The molecule has 0 spiro atoms. The zero-order valence-corrected chi connectivity index (χ0v) is 21.5. The van der Waals surface area contributed by atoms with Gasteiger partial charge in [-0.05, 0) is 71.3 Å². The van der Waals surface area contributed by atoms with E-state index in [2.05, 4.69) is 31.4 Å². The molecular weight excluding hydrogens is 551 g/mol. The van der Waals surface area contributed by atoms with Crippen molar-refractivity contribution < 1.29 is 19.0 Å². The molecule has 0 amide bonds. The molecule has 0 aliphatic carbocycles. The second-order valence-corrected chi connectivity index (χ2v) is 10.5. The van der Waals surface area contributed by atoms with Crippen LogP contribution in [0.1, 0.15) is 12.7 Å². The number of aliphatic hydroxyl groups is 1. The van der Waals surface area contributed by atoms with Crippen LogP contribution in [0.25, 0.3) is 17.3 Å². The first-order valence-corrected chi connectivity index (χ1v) is 13.9. The van der Waals surface area contributed by atoms with Gasteiger partial charge in [0.2, 0.25) is 11.8 Å². The van der Waals surface area contributed by atoms with E-state index in [0.717, 1.165) is 11.5 Å². The lowest BCUT2D eigenvalue weighted by atomic mass is 10.2. The second-order valence-electron chi connectivity index (χ2n) is 6.59. The maximum atomic E-state index is 9.64. The molecule has 0 aliphatic rings. The lowest BCUT2D eigenvalue weighted by Crippen LogP contribution is -2.25. The molecule has 2 heterocycles. The number of methoxy groups -OCH3 is 2. The third kappa shape index (κ3) is 5.44. The summed E-state index contributed by atoms with van der Waals surface area (Å²) in [5.41, 5.74) is 0.681. The van der Waals surface area contributed by atoms with Crippen LogP contribution in [-0.2, 0) is 0 Å². The fourth-order valence-electron chi connectivity index (χ4n) is 2.98. The molecule has 3 rings (SSSR count). The predicted molar refractivity (Wildman–Crippen MR) is 135 cm³/mol. The van der Waals surface area contributed by atoms with Crippen LogP contribution in [0.5, 0.6) is 11.5 Å². The van der Waals surface area contributed by atoms with Gasteiger partial charge in [-0.15, -0.1) is 10.2 Å². The summed E-state index contributed by atoms with van der Waals surface area (Å²) in [6.07, 6.45) is 0. The van der Waals surface area contributed by atoms with Crippen molar-refractivity contribution in [3.8, 4) is 28.8 Å². The number of rotatable bonds is 11. The molecule has 0 fully saturated rings. The first-order valence-electron chi connectivity index (χ1n) is 9.56. The molecule has 3 aromatic rings. The van der Waals surface area contributed by atoms with E-state index < -0.39 is 0 Å². The summed E-state index contributed by atoms with van der Waals surface area (Å²) in [4.78, 5) is 0. The van der Waals surface area contributed by atoms with E-state index in [-0.39, 0.29) is 11.9 Å². The zero-order chi connectivity index (χ0) is 22.4. The van der Waals surface area contributed by atoms with Crippen LogP contribution in [-0.4, -0.2) is 58.2 Å². The van der Waals surface area contributed by atoms with Crippen LogP contribution < -0.4 is 13.8 Å². The van der Waals surface area contributed by atoms with Crippen molar-refractivity contribution >= 4 is 48.0 Å². The Kier molecular flexibility index (Phi) is 8.81. The van der Waals surface area contributed by atoms with Crippen molar-refractivity contribution in [3.05, 3.63) is 36.1 Å². The molecule has 1 unspecified atom stereocenters. The number of aryl methyl sites for hydroxylation is 1. The smallest absolute Gasteiger partial charge is 0.242 e. The summed E-state index contributed by atoms with van der Waals surface area (Å²) in [6, 6.07) is 9.37. The van der Waals surface area contributed by atoms with Gasteiger partial charge in [0.15, 0.2) is 5.76 Å². The van der Waals surface area contributed by atoms with Crippen LogP contribution in [0.4, 0.5) is 5.95 Å². The third-order valence-electron chi connectivity index (χ3n) is 4.39. The Balaban J connectivity index is 2.25. The van der Waals surface area contributed by atoms with E-state index in [9.17, 15) is 5.11 Å². The van der Waals surface area contributed by atoms with Gasteiger partial charge in [0, 0.05) is 17.5 Å². The van der Waals surface area contributed by atoms with Gasteiger partial charge in [-0.3, -0.25) is 8.87 Å². The molecule has 0 saturated carbocycles. The molecule has 2 aromatic heterocycles. The van der Waals surface area contributed by atoms with Crippen LogP contribution >= 0.6 is 42.1 Å². The van der Waals surface area contributed by atoms with Crippen molar-refractivity contribution in [1.82, 2.24) is 14.8 Å². The van der Waals surface area contributed by atoms with Gasteiger partial charge in [0.25, 0.3) is 0 Å². The van der Waals surface area contributed by atoms with Gasteiger partial charge >= 0.3 is 0 Å². The molecule has 0 saturated heterocycles. The molecule has 1 N–H and O–H groups in total. The highest BCUT2D eigenvalue weighted by Gasteiger charge is 2.27. The minimum atomic E-state index is -0.0155. The molecule has 1 aromatic carbocycles. The number of aliphatic hydroxyl groups excluding tert-OH is 1. The van der Waals surface area contributed by atoms with Gasteiger partial charge in [-0.2, -0.15) is 0 Å². The summed E-state index contributed by atoms with van der Waals surface area (Å²) in [6.45, 7) is 4.61. The zero-order valence-electron chi connectivity index (χ0n) is 17.7. The van der Waals surface area contributed by atoms with Crippen LogP contribution in [0.15, 0.2) is 34.7 Å². The average molecular weight is 576 g/mol. The summed E-state index contributed by atoms with van der Waals surface area (Å²) in [7, 11) is 4.94. The SMILES string of the molecule is COc1cccc(OC)c1-n1c(-c2ccc(C)o2)nnc1N(CCSI)SC(C)CO. The Labute approximate surface area is 202 Å². The number of para-hydroxylation sites is 1. The van der Waals surface area contributed by atoms with Crippen LogP contribution in [0.3, 0.4) is 0 Å². The van der Waals surface area contributed by atoms with E-state index in [1.807, 2.05) is 53.1 Å². The predicted octanol–water partition coefficient (Wildman–Crippen LogP) is 4.77. The number of benzene rings is 1. The Morgan fingerprint density at radius 2 is 1.90 bits per heavy atom. The first kappa shape index (κ1) is 24.1. The van der Waals surface area contributed by atoms with Crippen LogP contribution in [0.2, 0.25) is 0 Å². The van der Waals surface area contributed by atoms with E-state index in [4.69, 9.17) is 13.9 Å². The number of nitrogens with zero attached hydrogens (tertiary/aromatic N) is 4. The Bertz CT molecular complexity index is 975. The Morgan fingerprint density at radius 3 is 2.45 bits per heavy atom. The number of aromatic nitrogens is 3. The Hall–Kier alpha value is -1.57. The quantitative estimate of drug-likeness (QED) is 0.256. The molecule has 0 radical (unpaired) electrons. The maximum Gasteiger partial charge on any atom is 0.242 e. The summed E-state index contributed by atoms with van der Waals surface area (Å²) < 4.78 is 21.2. The molecule has 31 heavy (non-hydrogen) atoms. The summed E-state index contributed by atoms with van der Waals surface area (Å²) >= 11 is 3.80. The molecule has 0 bridgehead atoms. The topological polar surface area (TPSA) is 85.8 Å². The minimum Gasteiger partial charge on any atom is -0.494 e. The first-order chi connectivity index (χ1) is 15.0. The van der Waals surface area contributed by atoms with Gasteiger partial charge < -0.3 is 19.0 Å². The number of halogens is 1. The summed E-state index contributed by atoms with van der Waals surface area (Å²) in [5, 5.41) is 18.6. The molecule has 11 heteroatoms. The van der Waals surface area contributed by atoms with Crippen molar-refractivity contribution in [1.29, 1.82) is 0 Å². The highest BCUT2D eigenvalue weighted by Crippen LogP contribution is 2.40. The third-order valence-corrected chi connectivity index (χ3v) is 7.16. The number of ether oxygens (including phenoxy) is 2. The number of hydrogen-bond donors (Lipinski definition) is 1.